The Kier molecular flexibility index (Phi) is 7.70. The summed E-state index contributed by atoms with van der Waals surface area (Å²) in [7, 11) is 0. The predicted octanol–water partition coefficient (Wildman–Crippen LogP) is 3.67. The highest BCUT2D eigenvalue weighted by Crippen LogP contribution is 2.13. The number of rotatable bonds is 9. The van der Waals surface area contributed by atoms with Gasteiger partial charge in [0.2, 0.25) is 0 Å². The second-order valence-corrected chi connectivity index (χ2v) is 4.96. The topological polar surface area (TPSA) is 32.3 Å². The molecule has 0 saturated heterocycles. The van der Waals surface area contributed by atoms with Crippen LogP contribution < -0.4 is 5.32 Å². The van der Waals surface area contributed by atoms with Gasteiger partial charge in [-0.1, -0.05) is 63.4 Å². The van der Waals surface area contributed by atoms with Crippen LogP contribution in [0.4, 0.5) is 0 Å². The first-order valence-electron chi connectivity index (χ1n) is 7.24. The van der Waals surface area contributed by atoms with Crippen molar-refractivity contribution in [1.82, 2.24) is 5.32 Å². The third-order valence-corrected chi connectivity index (χ3v) is 3.33. The highest BCUT2D eigenvalue weighted by molar-refractivity contribution is 5.17. The van der Waals surface area contributed by atoms with Crippen LogP contribution in [0.5, 0.6) is 0 Å². The number of hydrogen-bond acceptors (Lipinski definition) is 2. The molecule has 1 rings (SSSR count). The monoisotopic (exact) mass is 249 g/mol. The van der Waals surface area contributed by atoms with Crippen LogP contribution in [0, 0.1) is 0 Å². The molecule has 0 amide bonds. The van der Waals surface area contributed by atoms with Gasteiger partial charge < -0.3 is 10.4 Å². The number of hydrogen-bond donors (Lipinski definition) is 2. The molecule has 0 bridgehead atoms. The van der Waals surface area contributed by atoms with E-state index in [0.29, 0.717) is 12.6 Å². The normalized spacial score (nSPS) is 14.4. The molecule has 0 aliphatic rings. The summed E-state index contributed by atoms with van der Waals surface area (Å²) in [5.74, 6) is 0. The summed E-state index contributed by atoms with van der Waals surface area (Å²) in [6.07, 6.45) is 5.71. The fourth-order valence-corrected chi connectivity index (χ4v) is 2.22. The standard InChI is InChI=1S/C16H27NO/c1-3-5-12-15(9-4-2)17-13-16(18)14-10-7-6-8-11-14/h6-8,10-11,15-18H,3-5,9,12-13H2,1-2H3. The van der Waals surface area contributed by atoms with E-state index in [1.807, 2.05) is 30.3 Å². The lowest BCUT2D eigenvalue weighted by molar-refractivity contribution is 0.167. The molecule has 1 aromatic carbocycles. The van der Waals surface area contributed by atoms with E-state index in [1.54, 1.807) is 0 Å². The molecule has 0 saturated carbocycles. The molecule has 0 spiro atoms. The van der Waals surface area contributed by atoms with Crippen molar-refractivity contribution in [1.29, 1.82) is 0 Å². The van der Waals surface area contributed by atoms with Crippen LogP contribution in [-0.4, -0.2) is 17.7 Å². The molecule has 2 atom stereocenters. The first-order chi connectivity index (χ1) is 8.77. The van der Waals surface area contributed by atoms with E-state index in [0.717, 1.165) is 5.56 Å². The molecule has 0 aromatic heterocycles. The SMILES string of the molecule is CCCCC(CCC)NCC(O)c1ccccc1. The van der Waals surface area contributed by atoms with Crippen molar-refractivity contribution in [2.45, 2.75) is 58.1 Å². The van der Waals surface area contributed by atoms with Gasteiger partial charge in [-0.15, -0.1) is 0 Å². The van der Waals surface area contributed by atoms with Crippen LogP contribution in [0.15, 0.2) is 30.3 Å². The minimum atomic E-state index is -0.396. The van der Waals surface area contributed by atoms with Crippen molar-refractivity contribution < 1.29 is 5.11 Å². The second-order valence-electron chi connectivity index (χ2n) is 4.96. The van der Waals surface area contributed by atoms with E-state index < -0.39 is 6.10 Å². The Morgan fingerprint density at radius 1 is 1.06 bits per heavy atom. The molecule has 2 N–H and O–H groups in total. The summed E-state index contributed by atoms with van der Waals surface area (Å²) >= 11 is 0. The van der Waals surface area contributed by atoms with E-state index in [2.05, 4.69) is 19.2 Å². The van der Waals surface area contributed by atoms with E-state index in [-0.39, 0.29) is 0 Å². The molecule has 2 unspecified atom stereocenters. The zero-order chi connectivity index (χ0) is 13.2. The fourth-order valence-electron chi connectivity index (χ4n) is 2.22. The quantitative estimate of drug-likeness (QED) is 0.700. The maximum absolute atomic E-state index is 10.1. The van der Waals surface area contributed by atoms with Crippen LogP contribution in [-0.2, 0) is 0 Å². The highest BCUT2D eigenvalue weighted by atomic mass is 16.3. The maximum atomic E-state index is 10.1. The molecule has 0 aliphatic carbocycles. The minimum Gasteiger partial charge on any atom is -0.387 e. The molecule has 0 aliphatic heterocycles. The van der Waals surface area contributed by atoms with Crippen LogP contribution in [0.25, 0.3) is 0 Å². The van der Waals surface area contributed by atoms with Crippen LogP contribution in [0.3, 0.4) is 0 Å². The average molecular weight is 249 g/mol. The molecule has 0 fully saturated rings. The lowest BCUT2D eigenvalue weighted by Gasteiger charge is -2.20. The number of unbranched alkanes of at least 4 members (excludes halogenated alkanes) is 1. The van der Waals surface area contributed by atoms with Gasteiger partial charge in [0.1, 0.15) is 0 Å². The lowest BCUT2D eigenvalue weighted by Crippen LogP contribution is -2.32. The number of aliphatic hydroxyl groups is 1. The molecule has 0 heterocycles. The molecule has 102 valence electrons. The Labute approximate surface area is 111 Å². The molecule has 0 radical (unpaired) electrons. The third-order valence-electron chi connectivity index (χ3n) is 3.33. The van der Waals surface area contributed by atoms with Crippen molar-refractivity contribution in [2.24, 2.45) is 0 Å². The van der Waals surface area contributed by atoms with Crippen LogP contribution >= 0.6 is 0 Å². The summed E-state index contributed by atoms with van der Waals surface area (Å²) in [6, 6.07) is 10.4. The van der Waals surface area contributed by atoms with Gasteiger partial charge >= 0.3 is 0 Å². The summed E-state index contributed by atoms with van der Waals surface area (Å²) in [5.41, 5.74) is 0.996. The van der Waals surface area contributed by atoms with Crippen molar-refractivity contribution in [3.8, 4) is 0 Å². The Balaban J connectivity index is 2.36. The van der Waals surface area contributed by atoms with Crippen LogP contribution in [0.1, 0.15) is 57.6 Å². The summed E-state index contributed by atoms with van der Waals surface area (Å²) in [6.45, 7) is 5.09. The highest BCUT2D eigenvalue weighted by Gasteiger charge is 2.11. The van der Waals surface area contributed by atoms with Gasteiger partial charge in [0, 0.05) is 12.6 Å². The third kappa shape index (κ3) is 5.65. The average Bonchev–Trinajstić information content (AvgIpc) is 2.42. The second kappa shape index (κ2) is 9.12. The first kappa shape index (κ1) is 15.2. The smallest absolute Gasteiger partial charge is 0.0914 e. The van der Waals surface area contributed by atoms with Gasteiger partial charge in [-0.25, -0.2) is 0 Å². The van der Waals surface area contributed by atoms with E-state index in [9.17, 15) is 5.11 Å². The van der Waals surface area contributed by atoms with E-state index >= 15 is 0 Å². The summed E-state index contributed by atoms with van der Waals surface area (Å²) in [4.78, 5) is 0. The number of aliphatic hydroxyl groups excluding tert-OH is 1. The van der Waals surface area contributed by atoms with Crippen molar-refractivity contribution in [3.63, 3.8) is 0 Å². The predicted molar refractivity (Wildman–Crippen MR) is 77.6 cm³/mol. The number of benzene rings is 1. The number of nitrogens with one attached hydrogen (secondary N) is 1. The molecule has 2 nitrogen and oxygen atoms in total. The Morgan fingerprint density at radius 3 is 2.39 bits per heavy atom. The van der Waals surface area contributed by atoms with Gasteiger partial charge in [0.05, 0.1) is 6.10 Å². The largest absolute Gasteiger partial charge is 0.387 e. The molecule has 1 aromatic rings. The zero-order valence-corrected chi connectivity index (χ0v) is 11.7. The lowest BCUT2D eigenvalue weighted by atomic mass is 10.0. The molecular weight excluding hydrogens is 222 g/mol. The minimum absolute atomic E-state index is 0.396. The van der Waals surface area contributed by atoms with Gasteiger partial charge in [-0.3, -0.25) is 0 Å². The zero-order valence-electron chi connectivity index (χ0n) is 11.7. The van der Waals surface area contributed by atoms with Gasteiger partial charge in [0.25, 0.3) is 0 Å². The molecule has 18 heavy (non-hydrogen) atoms. The van der Waals surface area contributed by atoms with Crippen molar-refractivity contribution in [3.05, 3.63) is 35.9 Å². The Hall–Kier alpha value is -0.860. The first-order valence-corrected chi connectivity index (χ1v) is 7.24. The van der Waals surface area contributed by atoms with Gasteiger partial charge in [-0.05, 0) is 18.4 Å². The Morgan fingerprint density at radius 2 is 1.78 bits per heavy atom. The summed E-state index contributed by atoms with van der Waals surface area (Å²) < 4.78 is 0. The van der Waals surface area contributed by atoms with Gasteiger partial charge in [-0.2, -0.15) is 0 Å². The molecular formula is C16H27NO. The summed E-state index contributed by atoms with van der Waals surface area (Å²) in [5, 5.41) is 13.6. The van der Waals surface area contributed by atoms with Crippen molar-refractivity contribution in [2.75, 3.05) is 6.54 Å². The fraction of sp³-hybridized carbons (Fsp3) is 0.625. The van der Waals surface area contributed by atoms with Crippen LogP contribution in [0.2, 0.25) is 0 Å². The van der Waals surface area contributed by atoms with E-state index in [1.165, 1.54) is 32.1 Å². The molecule has 2 heteroatoms. The van der Waals surface area contributed by atoms with Gasteiger partial charge in [0.15, 0.2) is 0 Å². The Bertz CT molecular complexity index is 299. The maximum Gasteiger partial charge on any atom is 0.0914 e. The van der Waals surface area contributed by atoms with E-state index in [4.69, 9.17) is 0 Å². The van der Waals surface area contributed by atoms with Crippen molar-refractivity contribution >= 4 is 0 Å².